The highest BCUT2D eigenvalue weighted by Crippen LogP contribution is 2.28. The molecule has 1 amide bonds. The van der Waals surface area contributed by atoms with Gasteiger partial charge in [-0.3, -0.25) is 9.59 Å². The lowest BCUT2D eigenvalue weighted by atomic mass is 9.96. The summed E-state index contributed by atoms with van der Waals surface area (Å²) in [6.07, 6.45) is 3.20. The van der Waals surface area contributed by atoms with Gasteiger partial charge in [-0.25, -0.2) is 9.67 Å². The fourth-order valence-electron chi connectivity index (χ4n) is 4.26. The lowest BCUT2D eigenvalue weighted by molar-refractivity contribution is 0.0701. The molecule has 0 aliphatic carbocycles. The van der Waals surface area contributed by atoms with E-state index >= 15 is 0 Å². The molecule has 8 nitrogen and oxygen atoms in total. The van der Waals surface area contributed by atoms with Gasteiger partial charge in [-0.05, 0) is 37.1 Å². The number of piperidine rings is 1. The van der Waals surface area contributed by atoms with E-state index in [9.17, 15) is 9.59 Å². The summed E-state index contributed by atoms with van der Waals surface area (Å²) < 4.78 is 7.04. The van der Waals surface area contributed by atoms with Crippen molar-refractivity contribution in [3.63, 3.8) is 0 Å². The van der Waals surface area contributed by atoms with E-state index in [4.69, 9.17) is 9.72 Å². The quantitative estimate of drug-likeness (QED) is 0.538. The summed E-state index contributed by atoms with van der Waals surface area (Å²) in [5.41, 5.74) is 1.67. The van der Waals surface area contributed by atoms with E-state index in [-0.39, 0.29) is 17.4 Å². The minimum Gasteiger partial charge on any atom is -0.496 e. The van der Waals surface area contributed by atoms with Crippen LogP contribution in [0.4, 0.5) is 0 Å². The van der Waals surface area contributed by atoms with Gasteiger partial charge in [0.15, 0.2) is 5.65 Å². The van der Waals surface area contributed by atoms with Gasteiger partial charge in [0.05, 0.1) is 24.6 Å². The zero-order valence-corrected chi connectivity index (χ0v) is 17.7. The van der Waals surface area contributed by atoms with Crippen LogP contribution in [0.2, 0.25) is 0 Å². The van der Waals surface area contributed by atoms with Crippen molar-refractivity contribution in [2.24, 2.45) is 0 Å². The number of amides is 1. The molecule has 4 aromatic rings. The van der Waals surface area contributed by atoms with Gasteiger partial charge in [0.25, 0.3) is 11.5 Å². The lowest BCUT2D eigenvalue weighted by Crippen LogP contribution is -2.40. The predicted octanol–water partition coefficient (Wildman–Crippen LogP) is 3.14. The van der Waals surface area contributed by atoms with Gasteiger partial charge in [0.1, 0.15) is 17.0 Å². The molecule has 5 rings (SSSR count). The third kappa shape index (κ3) is 3.53. The second kappa shape index (κ2) is 8.30. The number of fused-ring (bicyclic) bond motifs is 1. The van der Waals surface area contributed by atoms with Crippen LogP contribution >= 0.6 is 0 Å². The molecule has 8 heteroatoms. The van der Waals surface area contributed by atoms with E-state index in [2.05, 4.69) is 10.1 Å². The summed E-state index contributed by atoms with van der Waals surface area (Å²) in [5, 5.41) is 4.81. The number of aromatic amines is 1. The zero-order valence-electron chi connectivity index (χ0n) is 17.7. The lowest BCUT2D eigenvalue weighted by Gasteiger charge is -2.32. The number of nitrogens with zero attached hydrogens (tertiary/aromatic N) is 4. The van der Waals surface area contributed by atoms with Crippen LogP contribution in [0.25, 0.3) is 16.7 Å². The number of carbonyl (C=O) groups is 1. The maximum absolute atomic E-state index is 13.2. The van der Waals surface area contributed by atoms with Gasteiger partial charge < -0.3 is 14.6 Å². The number of carbonyl (C=O) groups excluding carboxylic acids is 1. The van der Waals surface area contributed by atoms with Crippen molar-refractivity contribution in [2.45, 2.75) is 18.8 Å². The van der Waals surface area contributed by atoms with Crippen molar-refractivity contribution in [3.8, 4) is 11.4 Å². The first-order valence-corrected chi connectivity index (χ1v) is 10.6. The molecule has 1 unspecified atom stereocenters. The van der Waals surface area contributed by atoms with E-state index in [0.29, 0.717) is 41.3 Å². The van der Waals surface area contributed by atoms with Gasteiger partial charge in [0.2, 0.25) is 0 Å². The molecule has 0 saturated carbocycles. The molecular weight excluding hydrogens is 406 g/mol. The number of benzene rings is 2. The van der Waals surface area contributed by atoms with Crippen LogP contribution in [-0.2, 0) is 0 Å². The van der Waals surface area contributed by atoms with E-state index < -0.39 is 0 Å². The average molecular weight is 429 g/mol. The third-order valence-electron chi connectivity index (χ3n) is 5.89. The molecule has 2 aromatic heterocycles. The Kier molecular flexibility index (Phi) is 5.18. The van der Waals surface area contributed by atoms with E-state index in [1.54, 1.807) is 23.9 Å². The predicted molar refractivity (Wildman–Crippen MR) is 120 cm³/mol. The molecule has 1 fully saturated rings. The number of nitrogens with one attached hydrogen (secondary N) is 1. The maximum atomic E-state index is 13.2. The summed E-state index contributed by atoms with van der Waals surface area (Å²) in [4.78, 5) is 35.4. The van der Waals surface area contributed by atoms with Crippen LogP contribution in [0.3, 0.4) is 0 Å². The number of H-pyrrole nitrogens is 1. The molecule has 1 atom stereocenters. The zero-order chi connectivity index (χ0) is 22.1. The highest BCUT2D eigenvalue weighted by Gasteiger charge is 2.29. The Balaban J connectivity index is 1.47. The molecule has 1 aliphatic heterocycles. The molecule has 32 heavy (non-hydrogen) atoms. The fourth-order valence-corrected chi connectivity index (χ4v) is 4.26. The Morgan fingerprint density at radius 3 is 2.72 bits per heavy atom. The van der Waals surface area contributed by atoms with Crippen LogP contribution < -0.4 is 10.3 Å². The van der Waals surface area contributed by atoms with Crippen molar-refractivity contribution >= 4 is 16.9 Å². The summed E-state index contributed by atoms with van der Waals surface area (Å²) in [6.45, 7) is 1.13. The average Bonchev–Trinajstić information content (AvgIpc) is 3.29. The van der Waals surface area contributed by atoms with E-state index in [0.717, 1.165) is 18.5 Å². The van der Waals surface area contributed by atoms with Crippen LogP contribution in [0.1, 0.15) is 34.9 Å². The normalized spacial score (nSPS) is 16.3. The topological polar surface area (TPSA) is 93.1 Å². The largest absolute Gasteiger partial charge is 0.496 e. The van der Waals surface area contributed by atoms with Crippen LogP contribution in [0.15, 0.2) is 65.6 Å². The summed E-state index contributed by atoms with van der Waals surface area (Å²) in [5.74, 6) is 0.987. The third-order valence-corrected chi connectivity index (χ3v) is 5.89. The van der Waals surface area contributed by atoms with Gasteiger partial charge in [-0.15, -0.1) is 0 Å². The van der Waals surface area contributed by atoms with Gasteiger partial charge in [0, 0.05) is 19.0 Å². The molecule has 0 spiro atoms. The molecular formula is C24H23N5O3. The van der Waals surface area contributed by atoms with E-state index in [1.165, 1.54) is 6.20 Å². The van der Waals surface area contributed by atoms with Gasteiger partial charge >= 0.3 is 0 Å². The first-order chi connectivity index (χ1) is 15.7. The molecule has 2 aromatic carbocycles. The molecule has 1 N–H and O–H groups in total. The second-order valence-electron chi connectivity index (χ2n) is 7.87. The first kappa shape index (κ1) is 20.0. The molecule has 0 radical (unpaired) electrons. The number of rotatable bonds is 4. The molecule has 3 heterocycles. The minimum absolute atomic E-state index is 0.0707. The molecule has 162 valence electrons. The number of likely N-dealkylation sites (tertiary alicyclic amines) is 1. The Morgan fingerprint density at radius 2 is 1.91 bits per heavy atom. The monoisotopic (exact) mass is 429 g/mol. The minimum atomic E-state index is -0.222. The van der Waals surface area contributed by atoms with Crippen LogP contribution in [0, 0.1) is 0 Å². The van der Waals surface area contributed by atoms with Crippen molar-refractivity contribution < 1.29 is 9.53 Å². The summed E-state index contributed by atoms with van der Waals surface area (Å²) in [7, 11) is 1.56. The Morgan fingerprint density at radius 1 is 1.12 bits per heavy atom. The van der Waals surface area contributed by atoms with Crippen molar-refractivity contribution in [3.05, 3.63) is 82.5 Å². The molecule has 1 saturated heterocycles. The number of hydrogen-bond donors (Lipinski definition) is 1. The van der Waals surface area contributed by atoms with Gasteiger partial charge in [-0.2, -0.15) is 5.10 Å². The number of para-hydroxylation sites is 2. The summed E-state index contributed by atoms with van der Waals surface area (Å²) >= 11 is 0. The van der Waals surface area contributed by atoms with Crippen LogP contribution in [-0.4, -0.2) is 50.8 Å². The SMILES string of the molecule is COc1ccccc1C(=O)N1CCCC(c2nc3c(cnn3-c3ccccc3)c(=O)[nH]2)C1. The Bertz CT molecular complexity index is 1330. The van der Waals surface area contributed by atoms with Crippen LogP contribution in [0.5, 0.6) is 5.75 Å². The standard InChI is InChI=1S/C24H23N5O3/c1-32-20-12-6-5-11-18(20)24(31)28-13-7-8-16(15-28)21-26-22-19(23(30)27-21)14-25-29(22)17-9-3-2-4-10-17/h2-6,9-12,14,16H,7-8,13,15H2,1H3,(H,26,27,30). The number of methoxy groups -OCH3 is 1. The molecule has 1 aliphatic rings. The van der Waals surface area contributed by atoms with Crippen molar-refractivity contribution in [1.82, 2.24) is 24.6 Å². The summed E-state index contributed by atoms with van der Waals surface area (Å²) in [6, 6.07) is 16.8. The fraction of sp³-hybridized carbons (Fsp3) is 0.250. The number of ether oxygens (including phenoxy) is 1. The highest BCUT2D eigenvalue weighted by molar-refractivity contribution is 5.97. The van der Waals surface area contributed by atoms with Crippen molar-refractivity contribution in [1.29, 1.82) is 0 Å². The maximum Gasteiger partial charge on any atom is 0.262 e. The Labute approximate surface area is 184 Å². The first-order valence-electron chi connectivity index (χ1n) is 10.6. The van der Waals surface area contributed by atoms with Gasteiger partial charge in [-0.1, -0.05) is 30.3 Å². The van der Waals surface area contributed by atoms with E-state index in [1.807, 2.05) is 47.4 Å². The highest BCUT2D eigenvalue weighted by atomic mass is 16.5. The molecule has 0 bridgehead atoms. The number of aromatic nitrogens is 4. The number of hydrogen-bond acceptors (Lipinski definition) is 5. The smallest absolute Gasteiger partial charge is 0.262 e. The second-order valence-corrected chi connectivity index (χ2v) is 7.87. The Hall–Kier alpha value is -3.94. The van der Waals surface area contributed by atoms with Crippen molar-refractivity contribution in [2.75, 3.05) is 20.2 Å².